The quantitative estimate of drug-likeness (QED) is 0.898. The maximum atomic E-state index is 12.4. The van der Waals surface area contributed by atoms with Gasteiger partial charge in [-0.05, 0) is 13.8 Å². The summed E-state index contributed by atoms with van der Waals surface area (Å²) in [5.74, 6) is 0.231. The average molecular weight is 319 g/mol. The summed E-state index contributed by atoms with van der Waals surface area (Å²) >= 11 is 1.60. The largest absolute Gasteiger partial charge is 0.364 e. The molecule has 0 atom stereocenters. The number of hydrogen-bond donors (Lipinski definition) is 1. The molecule has 0 saturated carbocycles. The van der Waals surface area contributed by atoms with Gasteiger partial charge in [0, 0.05) is 18.0 Å². The molecule has 22 heavy (non-hydrogen) atoms. The Kier molecular flexibility index (Phi) is 3.69. The third-order valence-corrected chi connectivity index (χ3v) is 4.72. The molecule has 0 aromatic carbocycles. The lowest BCUT2D eigenvalue weighted by molar-refractivity contribution is -0.132. The van der Waals surface area contributed by atoms with Gasteiger partial charge in [0.1, 0.15) is 11.5 Å². The average Bonchev–Trinajstić information content (AvgIpc) is 3.01. The van der Waals surface area contributed by atoms with Crippen molar-refractivity contribution in [2.24, 2.45) is 5.73 Å². The maximum Gasteiger partial charge on any atom is 0.266 e. The van der Waals surface area contributed by atoms with Crippen LogP contribution in [0.25, 0.3) is 0 Å². The van der Waals surface area contributed by atoms with Crippen molar-refractivity contribution < 1.29 is 9.59 Å². The number of rotatable bonds is 3. The van der Waals surface area contributed by atoms with Gasteiger partial charge >= 0.3 is 0 Å². The van der Waals surface area contributed by atoms with E-state index in [2.05, 4.69) is 9.97 Å². The monoisotopic (exact) mass is 319 g/mol. The highest BCUT2D eigenvalue weighted by Crippen LogP contribution is 2.19. The minimum atomic E-state index is -0.493. The van der Waals surface area contributed by atoms with Crippen LogP contribution in [0.4, 0.5) is 0 Å². The molecule has 8 heteroatoms. The SMILES string of the molecule is Cc1nc(CC(=O)N2CCn3c(C(N)=O)cnc3C2)c(C)s1. The van der Waals surface area contributed by atoms with Gasteiger partial charge in [-0.1, -0.05) is 0 Å². The number of primary amides is 1. The van der Waals surface area contributed by atoms with E-state index in [1.54, 1.807) is 20.8 Å². The summed E-state index contributed by atoms with van der Waals surface area (Å²) in [7, 11) is 0. The molecule has 1 aliphatic rings. The number of aromatic nitrogens is 3. The van der Waals surface area contributed by atoms with Gasteiger partial charge in [0.15, 0.2) is 0 Å². The van der Waals surface area contributed by atoms with E-state index in [4.69, 9.17) is 5.73 Å². The molecule has 0 aliphatic carbocycles. The molecular formula is C14H17N5O2S. The van der Waals surface area contributed by atoms with Gasteiger partial charge in [0.05, 0.1) is 29.9 Å². The standard InChI is InChI=1S/C14H17N5O2S/c1-8-10(17-9(2)22-8)5-13(20)18-3-4-19-11(14(15)21)6-16-12(19)7-18/h6H,3-5,7H2,1-2H3,(H2,15,21). The highest BCUT2D eigenvalue weighted by molar-refractivity contribution is 7.11. The van der Waals surface area contributed by atoms with Crippen LogP contribution in [0.2, 0.25) is 0 Å². The predicted molar refractivity (Wildman–Crippen MR) is 81.5 cm³/mol. The number of carbonyl (C=O) groups excluding carboxylic acids is 2. The molecule has 0 fully saturated rings. The first-order valence-electron chi connectivity index (χ1n) is 7.00. The zero-order chi connectivity index (χ0) is 15.9. The van der Waals surface area contributed by atoms with Crippen molar-refractivity contribution >= 4 is 23.2 Å². The number of carbonyl (C=O) groups is 2. The number of imidazole rings is 1. The van der Waals surface area contributed by atoms with Crippen molar-refractivity contribution in [3.63, 3.8) is 0 Å². The Morgan fingerprint density at radius 2 is 2.14 bits per heavy atom. The lowest BCUT2D eigenvalue weighted by Gasteiger charge is -2.28. The van der Waals surface area contributed by atoms with Gasteiger partial charge in [-0.25, -0.2) is 9.97 Å². The van der Waals surface area contributed by atoms with Crippen LogP contribution in [0.1, 0.15) is 31.9 Å². The van der Waals surface area contributed by atoms with E-state index in [9.17, 15) is 9.59 Å². The van der Waals surface area contributed by atoms with Crippen LogP contribution in [0, 0.1) is 13.8 Å². The highest BCUT2D eigenvalue weighted by atomic mass is 32.1. The van der Waals surface area contributed by atoms with E-state index in [0.717, 1.165) is 15.6 Å². The molecule has 2 aromatic rings. The van der Waals surface area contributed by atoms with E-state index in [1.807, 2.05) is 13.8 Å². The Morgan fingerprint density at radius 3 is 2.77 bits per heavy atom. The van der Waals surface area contributed by atoms with Crippen LogP contribution in [-0.4, -0.2) is 37.8 Å². The van der Waals surface area contributed by atoms with Gasteiger partial charge in [0.25, 0.3) is 5.91 Å². The molecule has 0 unspecified atom stereocenters. The molecule has 0 spiro atoms. The van der Waals surface area contributed by atoms with Crippen LogP contribution in [0.5, 0.6) is 0 Å². The topological polar surface area (TPSA) is 94.1 Å². The van der Waals surface area contributed by atoms with E-state index < -0.39 is 5.91 Å². The number of fused-ring (bicyclic) bond motifs is 1. The molecule has 3 heterocycles. The second kappa shape index (κ2) is 5.53. The summed E-state index contributed by atoms with van der Waals surface area (Å²) in [5, 5.41) is 0.973. The summed E-state index contributed by atoms with van der Waals surface area (Å²) < 4.78 is 1.78. The first kappa shape index (κ1) is 14.7. The van der Waals surface area contributed by atoms with Gasteiger partial charge < -0.3 is 15.2 Å². The van der Waals surface area contributed by atoms with Crippen molar-refractivity contribution in [3.8, 4) is 0 Å². The highest BCUT2D eigenvalue weighted by Gasteiger charge is 2.25. The molecule has 3 rings (SSSR count). The van der Waals surface area contributed by atoms with Crippen molar-refractivity contribution in [1.82, 2.24) is 19.4 Å². The van der Waals surface area contributed by atoms with Crippen LogP contribution < -0.4 is 5.73 Å². The van der Waals surface area contributed by atoms with Gasteiger partial charge in [-0.15, -0.1) is 11.3 Å². The Bertz CT molecular complexity index is 748. The molecular weight excluding hydrogens is 302 g/mol. The van der Waals surface area contributed by atoms with E-state index in [0.29, 0.717) is 37.6 Å². The zero-order valence-electron chi connectivity index (χ0n) is 12.5. The molecule has 0 radical (unpaired) electrons. The lowest BCUT2D eigenvalue weighted by atomic mass is 10.2. The van der Waals surface area contributed by atoms with Crippen molar-refractivity contribution in [2.45, 2.75) is 33.4 Å². The number of thiazole rings is 1. The first-order chi connectivity index (χ1) is 10.5. The van der Waals surface area contributed by atoms with Gasteiger partial charge in [0.2, 0.25) is 5.91 Å². The summed E-state index contributed by atoms with van der Waals surface area (Å²) in [4.78, 5) is 35.2. The third kappa shape index (κ3) is 2.61. The van der Waals surface area contributed by atoms with Crippen LogP contribution >= 0.6 is 11.3 Å². The summed E-state index contributed by atoms with van der Waals surface area (Å²) in [5.41, 5.74) is 6.55. The molecule has 1 aliphatic heterocycles. The van der Waals surface area contributed by atoms with Crippen LogP contribution in [-0.2, 0) is 24.3 Å². The molecule has 2 aromatic heterocycles. The van der Waals surface area contributed by atoms with Crippen molar-refractivity contribution in [1.29, 1.82) is 0 Å². The number of nitrogens with zero attached hydrogens (tertiary/aromatic N) is 4. The third-order valence-electron chi connectivity index (χ3n) is 3.79. The second-order valence-electron chi connectivity index (χ2n) is 5.30. The Morgan fingerprint density at radius 1 is 1.36 bits per heavy atom. The molecule has 2 N–H and O–H groups in total. The number of amides is 2. The Hall–Kier alpha value is -2.22. The normalized spacial score (nSPS) is 14.0. The first-order valence-corrected chi connectivity index (χ1v) is 7.82. The number of hydrogen-bond acceptors (Lipinski definition) is 5. The number of aryl methyl sites for hydroxylation is 2. The Balaban J connectivity index is 1.73. The molecule has 116 valence electrons. The molecule has 7 nitrogen and oxygen atoms in total. The fourth-order valence-electron chi connectivity index (χ4n) is 2.66. The van der Waals surface area contributed by atoms with E-state index in [1.165, 1.54) is 6.20 Å². The zero-order valence-corrected chi connectivity index (χ0v) is 13.3. The van der Waals surface area contributed by atoms with Crippen molar-refractivity contribution in [2.75, 3.05) is 6.54 Å². The minimum Gasteiger partial charge on any atom is -0.364 e. The van der Waals surface area contributed by atoms with E-state index >= 15 is 0 Å². The van der Waals surface area contributed by atoms with E-state index in [-0.39, 0.29) is 5.91 Å². The summed E-state index contributed by atoms with van der Waals surface area (Å²) in [6.45, 7) is 5.40. The maximum absolute atomic E-state index is 12.4. The lowest BCUT2D eigenvalue weighted by Crippen LogP contribution is -2.40. The fraction of sp³-hybridized carbons (Fsp3) is 0.429. The smallest absolute Gasteiger partial charge is 0.266 e. The minimum absolute atomic E-state index is 0.0308. The van der Waals surface area contributed by atoms with Gasteiger partial charge in [-0.3, -0.25) is 9.59 Å². The molecule has 0 bridgehead atoms. The molecule has 0 saturated heterocycles. The molecule has 2 amide bonds. The Labute approximate surface area is 131 Å². The van der Waals surface area contributed by atoms with Crippen LogP contribution in [0.15, 0.2) is 6.20 Å². The number of nitrogens with two attached hydrogens (primary N) is 1. The second-order valence-corrected chi connectivity index (χ2v) is 6.71. The predicted octanol–water partition coefficient (Wildman–Crippen LogP) is 0.640. The fourth-order valence-corrected chi connectivity index (χ4v) is 3.50. The van der Waals surface area contributed by atoms with Gasteiger partial charge in [-0.2, -0.15) is 0 Å². The summed E-state index contributed by atoms with van der Waals surface area (Å²) in [6.07, 6.45) is 1.78. The summed E-state index contributed by atoms with van der Waals surface area (Å²) in [6, 6.07) is 0. The van der Waals surface area contributed by atoms with Crippen molar-refractivity contribution in [3.05, 3.63) is 33.3 Å². The van der Waals surface area contributed by atoms with Crippen LogP contribution in [0.3, 0.4) is 0 Å².